The van der Waals surface area contributed by atoms with Gasteiger partial charge in [0.1, 0.15) is 17.3 Å². The summed E-state index contributed by atoms with van der Waals surface area (Å²) in [6, 6.07) is 0. The van der Waals surface area contributed by atoms with Gasteiger partial charge < -0.3 is 4.79 Å². The van der Waals surface area contributed by atoms with Crippen molar-refractivity contribution in [3.05, 3.63) is 0 Å². The highest BCUT2D eigenvalue weighted by atomic mass is 16.1. The van der Waals surface area contributed by atoms with Crippen molar-refractivity contribution in [2.75, 3.05) is 0 Å². The summed E-state index contributed by atoms with van der Waals surface area (Å²) in [6.45, 7) is 41.5. The summed E-state index contributed by atoms with van der Waals surface area (Å²) >= 11 is 0. The first-order chi connectivity index (χ1) is 14.8. The van der Waals surface area contributed by atoms with Crippen molar-refractivity contribution in [1.82, 2.24) is 0 Å². The fourth-order valence-electron chi connectivity index (χ4n) is 1.39. The topological polar surface area (TPSA) is 51.2 Å². The summed E-state index contributed by atoms with van der Waals surface area (Å²) in [6.07, 6.45) is 2.36. The first-order valence-electron chi connectivity index (χ1n) is 13.4. The number of rotatable bonds is 4. The molecule has 0 unspecified atom stereocenters. The van der Waals surface area contributed by atoms with Crippen LogP contribution in [0.2, 0.25) is 0 Å². The van der Waals surface area contributed by atoms with E-state index in [-0.39, 0.29) is 27.4 Å². The molecule has 0 aliphatic carbocycles. The molecule has 0 amide bonds. The summed E-state index contributed by atoms with van der Waals surface area (Å²) in [5.41, 5.74) is 1.13. The molecule has 35 heavy (non-hydrogen) atoms. The normalized spacial score (nSPS) is 12.7. The zero-order valence-electron chi connectivity index (χ0n) is 27.8. The van der Waals surface area contributed by atoms with Gasteiger partial charge >= 0.3 is 0 Å². The molecule has 0 aliphatic rings. The molecule has 0 aliphatic heterocycles. The van der Waals surface area contributed by atoms with Gasteiger partial charge in [-0.1, -0.05) is 125 Å². The second kappa shape index (κ2) is 15.3. The molecule has 0 bridgehead atoms. The molecule has 0 aromatic rings. The third kappa shape index (κ3) is 23.2. The van der Waals surface area contributed by atoms with Crippen LogP contribution in [0, 0.1) is 32.5 Å². The molecule has 0 atom stereocenters. The highest BCUT2D eigenvalue weighted by Gasteiger charge is 2.32. The van der Waals surface area contributed by atoms with Crippen LogP contribution in [0.5, 0.6) is 0 Å². The molecule has 0 N–H and O–H groups in total. The Morgan fingerprint density at radius 1 is 0.514 bits per heavy atom. The second-order valence-electron chi connectivity index (χ2n) is 15.7. The van der Waals surface area contributed by atoms with Crippen molar-refractivity contribution in [2.45, 2.75) is 158 Å². The zero-order chi connectivity index (χ0) is 29.9. The first-order valence-corrected chi connectivity index (χ1v) is 13.4. The molecule has 0 saturated heterocycles. The van der Waals surface area contributed by atoms with Crippen LogP contribution in [-0.4, -0.2) is 17.3 Å². The standard InChI is InChI=1S/C11H22O.C8H18.C7H14O.C6H12O/c1-9(12)7-8-11(5,6)10(2,3)4;1-7(2,3)8(4,5)6;1-5-6(8)7(2,3)4;1-5(7)6(2,3)4/h7-8H2,1-6H3;1-6H3;5H2,1-4H3;1-4H3. The van der Waals surface area contributed by atoms with Crippen molar-refractivity contribution >= 4 is 17.3 Å². The van der Waals surface area contributed by atoms with Gasteiger partial charge in [0.15, 0.2) is 0 Å². The Morgan fingerprint density at radius 2 is 0.800 bits per heavy atom. The van der Waals surface area contributed by atoms with E-state index in [1.807, 2.05) is 48.5 Å². The van der Waals surface area contributed by atoms with Gasteiger partial charge in [-0.15, -0.1) is 0 Å². The highest BCUT2D eigenvalue weighted by molar-refractivity contribution is 5.83. The van der Waals surface area contributed by atoms with Gasteiger partial charge in [-0.3, -0.25) is 9.59 Å². The molecule has 0 rings (SSSR count). The van der Waals surface area contributed by atoms with Gasteiger partial charge in [-0.2, -0.15) is 0 Å². The predicted molar refractivity (Wildman–Crippen MR) is 157 cm³/mol. The van der Waals surface area contributed by atoms with E-state index in [1.54, 1.807) is 13.8 Å². The average molecular weight is 499 g/mol. The van der Waals surface area contributed by atoms with Gasteiger partial charge in [-0.25, -0.2) is 0 Å². The van der Waals surface area contributed by atoms with E-state index < -0.39 is 0 Å². The summed E-state index contributed by atoms with van der Waals surface area (Å²) < 4.78 is 0. The second-order valence-corrected chi connectivity index (χ2v) is 15.7. The molecule has 0 aromatic heterocycles. The first kappa shape index (κ1) is 41.1. The van der Waals surface area contributed by atoms with E-state index in [2.05, 4.69) is 76.2 Å². The van der Waals surface area contributed by atoms with Crippen LogP contribution in [0.1, 0.15) is 158 Å². The Hall–Kier alpha value is -0.990. The van der Waals surface area contributed by atoms with E-state index in [0.29, 0.717) is 35.2 Å². The summed E-state index contributed by atoms with van der Waals surface area (Å²) in [5.74, 6) is 0.873. The molecule has 0 aromatic carbocycles. The van der Waals surface area contributed by atoms with Crippen LogP contribution in [0.3, 0.4) is 0 Å². The zero-order valence-corrected chi connectivity index (χ0v) is 27.8. The SMILES string of the molecule is CC(=O)C(C)(C)C.CC(=O)CCC(C)(C)C(C)(C)C.CC(C)(C)C(C)(C)C.CCC(=O)C(C)(C)C. The molecular formula is C32H66O3. The molecular weight excluding hydrogens is 432 g/mol. The van der Waals surface area contributed by atoms with Crippen molar-refractivity contribution in [3.8, 4) is 0 Å². The van der Waals surface area contributed by atoms with Crippen LogP contribution in [0.4, 0.5) is 0 Å². The van der Waals surface area contributed by atoms with E-state index in [1.165, 1.54) is 0 Å². The van der Waals surface area contributed by atoms with Crippen LogP contribution in [0.25, 0.3) is 0 Å². The summed E-state index contributed by atoms with van der Waals surface area (Å²) in [7, 11) is 0. The van der Waals surface area contributed by atoms with E-state index in [4.69, 9.17) is 0 Å². The van der Waals surface area contributed by atoms with Crippen molar-refractivity contribution in [1.29, 1.82) is 0 Å². The van der Waals surface area contributed by atoms with Gasteiger partial charge in [0.05, 0.1) is 0 Å². The lowest BCUT2D eigenvalue weighted by Crippen LogP contribution is -2.29. The maximum absolute atomic E-state index is 10.8. The Labute approximate surface area is 222 Å². The molecule has 212 valence electrons. The van der Waals surface area contributed by atoms with Gasteiger partial charge in [0, 0.05) is 23.7 Å². The Kier molecular flexibility index (Phi) is 18.0. The van der Waals surface area contributed by atoms with Crippen molar-refractivity contribution in [2.24, 2.45) is 32.5 Å². The summed E-state index contributed by atoms with van der Waals surface area (Å²) in [5, 5.41) is 0. The largest absolute Gasteiger partial charge is 0.300 e. The van der Waals surface area contributed by atoms with E-state index in [9.17, 15) is 14.4 Å². The number of carbonyl (C=O) groups is 3. The molecule has 0 saturated carbocycles. The van der Waals surface area contributed by atoms with E-state index in [0.717, 1.165) is 6.42 Å². The molecule has 3 heteroatoms. The fourth-order valence-corrected chi connectivity index (χ4v) is 1.39. The van der Waals surface area contributed by atoms with Crippen molar-refractivity contribution < 1.29 is 14.4 Å². The monoisotopic (exact) mass is 499 g/mol. The third-order valence-corrected chi connectivity index (χ3v) is 7.60. The number of hydrogen-bond donors (Lipinski definition) is 0. The smallest absolute Gasteiger partial charge is 0.137 e. The molecule has 0 heterocycles. The fraction of sp³-hybridized carbons (Fsp3) is 0.906. The van der Waals surface area contributed by atoms with Crippen LogP contribution >= 0.6 is 0 Å². The number of ketones is 3. The number of hydrogen-bond acceptors (Lipinski definition) is 3. The maximum Gasteiger partial charge on any atom is 0.137 e. The average Bonchev–Trinajstić information content (AvgIpc) is 2.56. The summed E-state index contributed by atoms with van der Waals surface area (Å²) in [4.78, 5) is 32.1. The van der Waals surface area contributed by atoms with E-state index >= 15 is 0 Å². The third-order valence-electron chi connectivity index (χ3n) is 7.60. The molecule has 3 nitrogen and oxygen atoms in total. The van der Waals surface area contributed by atoms with Gasteiger partial charge in [-0.05, 0) is 41.9 Å². The van der Waals surface area contributed by atoms with Crippen LogP contribution in [0.15, 0.2) is 0 Å². The lowest BCUT2D eigenvalue weighted by molar-refractivity contribution is -0.126. The van der Waals surface area contributed by atoms with Crippen LogP contribution in [-0.2, 0) is 14.4 Å². The number of carbonyl (C=O) groups excluding carboxylic acids is 3. The lowest BCUT2D eigenvalue weighted by Gasteiger charge is -2.38. The highest BCUT2D eigenvalue weighted by Crippen LogP contribution is 2.41. The molecule has 0 fully saturated rings. The number of Topliss-reactive ketones (excluding diaryl/α,β-unsaturated/α-hetero) is 3. The Balaban J connectivity index is -0.000000188. The van der Waals surface area contributed by atoms with Gasteiger partial charge in [0.2, 0.25) is 0 Å². The van der Waals surface area contributed by atoms with Gasteiger partial charge in [0.25, 0.3) is 0 Å². The minimum Gasteiger partial charge on any atom is -0.300 e. The lowest BCUT2D eigenvalue weighted by atomic mass is 9.67. The minimum absolute atomic E-state index is 0.130. The maximum atomic E-state index is 10.8. The van der Waals surface area contributed by atoms with Crippen LogP contribution < -0.4 is 0 Å². The minimum atomic E-state index is -0.139. The molecule has 0 spiro atoms. The quantitative estimate of drug-likeness (QED) is 0.387. The Bertz CT molecular complexity index is 604. The predicted octanol–water partition coefficient (Wildman–Crippen LogP) is 10.1. The molecule has 0 radical (unpaired) electrons. The van der Waals surface area contributed by atoms with Crippen molar-refractivity contribution in [3.63, 3.8) is 0 Å². The Morgan fingerprint density at radius 3 is 0.886 bits per heavy atom.